The molecule has 0 amide bonds. The highest BCUT2D eigenvalue weighted by Crippen LogP contribution is 2.29. The zero-order chi connectivity index (χ0) is 21.8. The first-order chi connectivity index (χ1) is 15.0. The standard InChI is InChI=1S/C24H16BrCl2N3O/c25-20-10-16(5-8-24(20)31-14-18-6-7-19(26)11-21(18)27)9-17(12-28)13-30-15-29-22-3-1-2-4-23(22)30/h1-11,15H,13-14H2/b17-9-. The number of nitriles is 1. The number of para-hydroxylation sites is 2. The van der Waals surface area contributed by atoms with Gasteiger partial charge in [0.1, 0.15) is 12.4 Å². The molecular formula is C24H16BrCl2N3O. The number of halogens is 3. The molecule has 154 valence electrons. The molecule has 4 aromatic rings. The van der Waals surface area contributed by atoms with Crippen molar-refractivity contribution in [3.8, 4) is 11.8 Å². The van der Waals surface area contributed by atoms with Crippen LogP contribution in [0.2, 0.25) is 10.0 Å². The summed E-state index contributed by atoms with van der Waals surface area (Å²) in [6.07, 6.45) is 3.62. The molecule has 0 unspecified atom stereocenters. The lowest BCUT2D eigenvalue weighted by Crippen LogP contribution is -1.99. The predicted octanol–water partition coefficient (Wildman–Crippen LogP) is 7.29. The van der Waals surface area contributed by atoms with Gasteiger partial charge in [-0.05, 0) is 64.0 Å². The van der Waals surface area contributed by atoms with E-state index in [1.54, 1.807) is 18.5 Å². The fraction of sp³-hybridized carbons (Fsp3) is 0.0833. The van der Waals surface area contributed by atoms with Crippen LogP contribution in [0.4, 0.5) is 0 Å². The lowest BCUT2D eigenvalue weighted by molar-refractivity contribution is 0.304. The Morgan fingerprint density at radius 3 is 2.74 bits per heavy atom. The normalized spacial score (nSPS) is 11.5. The van der Waals surface area contributed by atoms with Crippen LogP contribution in [-0.4, -0.2) is 9.55 Å². The van der Waals surface area contributed by atoms with Gasteiger partial charge in [-0.1, -0.05) is 47.5 Å². The van der Waals surface area contributed by atoms with Crippen LogP contribution in [-0.2, 0) is 13.2 Å². The minimum absolute atomic E-state index is 0.320. The number of ether oxygens (including phenoxy) is 1. The second-order valence-corrected chi connectivity index (χ2v) is 8.55. The lowest BCUT2D eigenvalue weighted by Gasteiger charge is -2.10. The number of aromatic nitrogens is 2. The summed E-state index contributed by atoms with van der Waals surface area (Å²) in [6, 6.07) is 21.1. The van der Waals surface area contributed by atoms with E-state index in [4.69, 9.17) is 27.9 Å². The topological polar surface area (TPSA) is 50.8 Å². The molecule has 0 atom stereocenters. The average molecular weight is 513 g/mol. The second-order valence-electron chi connectivity index (χ2n) is 6.86. The molecule has 0 radical (unpaired) electrons. The highest BCUT2D eigenvalue weighted by molar-refractivity contribution is 9.10. The molecule has 0 saturated carbocycles. The largest absolute Gasteiger partial charge is 0.488 e. The summed E-state index contributed by atoms with van der Waals surface area (Å²) in [7, 11) is 0. The van der Waals surface area contributed by atoms with Crippen molar-refractivity contribution in [2.75, 3.05) is 0 Å². The van der Waals surface area contributed by atoms with Gasteiger partial charge in [-0.25, -0.2) is 4.98 Å². The molecule has 4 rings (SSSR count). The van der Waals surface area contributed by atoms with Crippen molar-refractivity contribution in [3.63, 3.8) is 0 Å². The van der Waals surface area contributed by atoms with Gasteiger partial charge in [0.2, 0.25) is 0 Å². The second kappa shape index (κ2) is 9.57. The molecule has 0 N–H and O–H groups in total. The van der Waals surface area contributed by atoms with Crippen LogP contribution in [0.3, 0.4) is 0 Å². The monoisotopic (exact) mass is 511 g/mol. The van der Waals surface area contributed by atoms with Crippen molar-refractivity contribution in [2.45, 2.75) is 13.2 Å². The van der Waals surface area contributed by atoms with E-state index in [0.717, 1.165) is 26.6 Å². The molecule has 0 bridgehead atoms. The van der Waals surface area contributed by atoms with Gasteiger partial charge in [-0.2, -0.15) is 5.26 Å². The molecule has 0 spiro atoms. The molecule has 0 aliphatic heterocycles. The van der Waals surface area contributed by atoms with E-state index in [9.17, 15) is 5.26 Å². The lowest BCUT2D eigenvalue weighted by atomic mass is 10.1. The van der Waals surface area contributed by atoms with Crippen molar-refractivity contribution in [3.05, 3.63) is 98.2 Å². The molecule has 3 aromatic carbocycles. The minimum atomic E-state index is 0.320. The highest BCUT2D eigenvalue weighted by atomic mass is 79.9. The number of allylic oxidation sites excluding steroid dienone is 1. The maximum absolute atomic E-state index is 9.63. The Balaban J connectivity index is 1.49. The van der Waals surface area contributed by atoms with E-state index >= 15 is 0 Å². The molecule has 0 fully saturated rings. The third kappa shape index (κ3) is 5.11. The van der Waals surface area contributed by atoms with Gasteiger partial charge in [-0.15, -0.1) is 0 Å². The van der Waals surface area contributed by atoms with Gasteiger partial charge in [0, 0.05) is 21.2 Å². The van der Waals surface area contributed by atoms with Crippen LogP contribution in [0.1, 0.15) is 11.1 Å². The van der Waals surface area contributed by atoms with Crippen molar-refractivity contribution >= 4 is 56.2 Å². The van der Waals surface area contributed by atoms with Gasteiger partial charge in [-0.3, -0.25) is 0 Å². The Kier molecular flexibility index (Phi) is 6.62. The van der Waals surface area contributed by atoms with Crippen molar-refractivity contribution < 1.29 is 4.74 Å². The molecule has 7 heteroatoms. The summed E-state index contributed by atoms with van der Waals surface area (Å²) in [5.41, 5.74) is 4.27. The maximum atomic E-state index is 9.63. The van der Waals surface area contributed by atoms with E-state index in [1.165, 1.54) is 0 Å². The zero-order valence-electron chi connectivity index (χ0n) is 16.2. The smallest absolute Gasteiger partial charge is 0.134 e. The summed E-state index contributed by atoms with van der Waals surface area (Å²) in [6.45, 7) is 0.767. The van der Waals surface area contributed by atoms with Crippen LogP contribution in [0.5, 0.6) is 5.75 Å². The first kappa shape index (κ1) is 21.5. The Morgan fingerprint density at radius 2 is 1.97 bits per heavy atom. The molecule has 1 heterocycles. The summed E-state index contributed by atoms with van der Waals surface area (Å²) in [4.78, 5) is 4.38. The number of nitrogens with zero attached hydrogens (tertiary/aromatic N) is 3. The third-order valence-electron chi connectivity index (χ3n) is 4.71. The van der Waals surface area contributed by atoms with E-state index in [0.29, 0.717) is 34.5 Å². The number of hydrogen-bond acceptors (Lipinski definition) is 3. The summed E-state index contributed by atoms with van der Waals surface area (Å²) in [5.74, 6) is 0.683. The Hall–Kier alpha value is -2.78. The highest BCUT2D eigenvalue weighted by Gasteiger charge is 2.08. The van der Waals surface area contributed by atoms with E-state index in [1.807, 2.05) is 59.2 Å². The van der Waals surface area contributed by atoms with Gasteiger partial charge < -0.3 is 9.30 Å². The van der Waals surface area contributed by atoms with E-state index in [-0.39, 0.29) is 0 Å². The van der Waals surface area contributed by atoms with Crippen LogP contribution < -0.4 is 4.74 Å². The van der Waals surface area contributed by atoms with Crippen LogP contribution in [0, 0.1) is 11.3 Å². The Labute approximate surface area is 198 Å². The molecule has 0 saturated heterocycles. The summed E-state index contributed by atoms with van der Waals surface area (Å²) >= 11 is 15.7. The Morgan fingerprint density at radius 1 is 1.13 bits per heavy atom. The van der Waals surface area contributed by atoms with E-state index in [2.05, 4.69) is 27.0 Å². The number of rotatable bonds is 6. The predicted molar refractivity (Wildman–Crippen MR) is 128 cm³/mol. The zero-order valence-corrected chi connectivity index (χ0v) is 19.3. The van der Waals surface area contributed by atoms with Gasteiger partial charge in [0.15, 0.2) is 0 Å². The fourth-order valence-corrected chi connectivity index (χ4v) is 4.13. The number of imidazole rings is 1. The van der Waals surface area contributed by atoms with Crippen LogP contribution >= 0.6 is 39.1 Å². The van der Waals surface area contributed by atoms with Crippen molar-refractivity contribution in [1.29, 1.82) is 5.26 Å². The molecule has 31 heavy (non-hydrogen) atoms. The average Bonchev–Trinajstić information content (AvgIpc) is 3.16. The van der Waals surface area contributed by atoms with Crippen molar-refractivity contribution in [2.24, 2.45) is 0 Å². The number of fused-ring (bicyclic) bond motifs is 1. The first-order valence-electron chi connectivity index (χ1n) is 9.40. The SMILES string of the molecule is N#C/C(=C/c1ccc(OCc2ccc(Cl)cc2Cl)c(Br)c1)Cn1cnc2ccccc21. The van der Waals surface area contributed by atoms with E-state index < -0.39 is 0 Å². The van der Waals surface area contributed by atoms with Gasteiger partial charge >= 0.3 is 0 Å². The quantitative estimate of drug-likeness (QED) is 0.255. The molecule has 1 aromatic heterocycles. The minimum Gasteiger partial charge on any atom is -0.488 e. The molecule has 4 nitrogen and oxygen atoms in total. The maximum Gasteiger partial charge on any atom is 0.134 e. The molecule has 0 aliphatic rings. The first-order valence-corrected chi connectivity index (χ1v) is 10.9. The van der Waals surface area contributed by atoms with Crippen molar-refractivity contribution in [1.82, 2.24) is 9.55 Å². The van der Waals surface area contributed by atoms with Gasteiger partial charge in [0.05, 0.1) is 34.4 Å². The third-order valence-corrected chi connectivity index (χ3v) is 5.91. The van der Waals surface area contributed by atoms with Crippen LogP contribution in [0.25, 0.3) is 17.1 Å². The van der Waals surface area contributed by atoms with Gasteiger partial charge in [0.25, 0.3) is 0 Å². The molecule has 0 aliphatic carbocycles. The summed E-state index contributed by atoms with van der Waals surface area (Å²) < 4.78 is 8.64. The number of hydrogen-bond donors (Lipinski definition) is 0. The fourth-order valence-electron chi connectivity index (χ4n) is 3.15. The Bertz CT molecular complexity index is 1320. The van der Waals surface area contributed by atoms with Crippen LogP contribution in [0.15, 0.2) is 77.0 Å². The summed E-state index contributed by atoms with van der Waals surface area (Å²) in [5, 5.41) is 10.8. The molecular weight excluding hydrogens is 497 g/mol. The number of benzene rings is 3.